The van der Waals surface area contributed by atoms with Crippen molar-refractivity contribution in [3.8, 4) is 5.69 Å². The number of ketones is 1. The van der Waals surface area contributed by atoms with Gasteiger partial charge in [-0.05, 0) is 44.2 Å². The second-order valence-electron chi connectivity index (χ2n) is 4.55. The molecule has 0 N–H and O–H groups in total. The Labute approximate surface area is 121 Å². The standard InChI is InChI=1S/C14H11BClF2NO/c1-8-7-12(13(20)14(15,17)18)9(2)19(8)11-5-3-10(16)4-6-11/h3-7H,1-2H3. The first-order chi connectivity index (χ1) is 9.21. The summed E-state index contributed by atoms with van der Waals surface area (Å²) in [4.78, 5) is 11.6. The van der Waals surface area contributed by atoms with Crippen LogP contribution in [-0.4, -0.2) is 24.0 Å². The van der Waals surface area contributed by atoms with Crippen molar-refractivity contribution < 1.29 is 13.6 Å². The van der Waals surface area contributed by atoms with Gasteiger partial charge in [-0.1, -0.05) is 11.6 Å². The third-order valence-electron chi connectivity index (χ3n) is 3.06. The molecule has 0 amide bonds. The fourth-order valence-electron chi connectivity index (χ4n) is 2.16. The number of carbonyl (C=O) groups is 1. The molecule has 2 nitrogen and oxygen atoms in total. The van der Waals surface area contributed by atoms with E-state index >= 15 is 0 Å². The van der Waals surface area contributed by atoms with E-state index in [0.717, 1.165) is 5.69 Å². The average molecular weight is 294 g/mol. The van der Waals surface area contributed by atoms with Crippen molar-refractivity contribution in [2.75, 3.05) is 0 Å². The maximum absolute atomic E-state index is 13.0. The van der Waals surface area contributed by atoms with Gasteiger partial charge in [-0.2, -0.15) is 0 Å². The first-order valence-electron chi connectivity index (χ1n) is 5.88. The summed E-state index contributed by atoms with van der Waals surface area (Å²) in [6.45, 7) is 3.33. The minimum absolute atomic E-state index is 0.0787. The molecule has 20 heavy (non-hydrogen) atoms. The number of hydrogen-bond donors (Lipinski definition) is 0. The molecule has 1 aromatic carbocycles. The zero-order valence-corrected chi connectivity index (χ0v) is 11.7. The molecule has 0 atom stereocenters. The molecule has 1 heterocycles. The van der Waals surface area contributed by atoms with E-state index in [0.29, 0.717) is 16.4 Å². The summed E-state index contributed by atoms with van der Waals surface area (Å²) >= 11 is 5.82. The molecule has 0 fully saturated rings. The quantitative estimate of drug-likeness (QED) is 0.625. The Hall–Kier alpha value is -1.62. The van der Waals surface area contributed by atoms with Crippen LogP contribution in [0.1, 0.15) is 21.7 Å². The van der Waals surface area contributed by atoms with Gasteiger partial charge in [0.05, 0.1) is 0 Å². The number of hydrogen-bond acceptors (Lipinski definition) is 1. The Kier molecular flexibility index (Phi) is 3.74. The molecule has 0 bridgehead atoms. The highest BCUT2D eigenvalue weighted by Gasteiger charge is 2.34. The number of carbonyl (C=O) groups excluding carboxylic acids is 1. The van der Waals surface area contributed by atoms with Crippen molar-refractivity contribution in [2.45, 2.75) is 19.7 Å². The molecule has 1 aromatic heterocycles. The third-order valence-corrected chi connectivity index (χ3v) is 3.32. The van der Waals surface area contributed by atoms with Crippen molar-refractivity contribution in [3.63, 3.8) is 0 Å². The van der Waals surface area contributed by atoms with E-state index < -0.39 is 11.6 Å². The smallest absolute Gasteiger partial charge is 0.260 e. The Morgan fingerprint density at radius 1 is 1.25 bits per heavy atom. The molecular weight excluding hydrogens is 282 g/mol. The van der Waals surface area contributed by atoms with Crippen LogP contribution >= 0.6 is 11.6 Å². The number of rotatable bonds is 3. The molecule has 2 rings (SSSR count). The van der Waals surface area contributed by atoms with Gasteiger partial charge in [0, 0.05) is 27.7 Å². The topological polar surface area (TPSA) is 22.0 Å². The first-order valence-corrected chi connectivity index (χ1v) is 6.26. The van der Waals surface area contributed by atoms with Gasteiger partial charge in [0.25, 0.3) is 5.82 Å². The number of aromatic nitrogens is 1. The second kappa shape index (κ2) is 5.06. The number of halogens is 3. The molecule has 2 aromatic rings. The molecule has 6 heteroatoms. The molecule has 0 saturated carbocycles. The van der Waals surface area contributed by atoms with Gasteiger partial charge in [-0.3, -0.25) is 4.79 Å². The minimum atomic E-state index is -3.87. The number of benzene rings is 1. The molecule has 0 spiro atoms. The lowest BCUT2D eigenvalue weighted by Gasteiger charge is -2.12. The lowest BCUT2D eigenvalue weighted by Crippen LogP contribution is -2.29. The fraction of sp³-hybridized carbons (Fsp3) is 0.214. The summed E-state index contributed by atoms with van der Waals surface area (Å²) in [5.74, 6) is -5.26. The monoisotopic (exact) mass is 293 g/mol. The largest absolute Gasteiger partial charge is 0.318 e. The lowest BCUT2D eigenvalue weighted by molar-refractivity contribution is 0.0532. The Morgan fingerprint density at radius 2 is 1.80 bits per heavy atom. The summed E-state index contributed by atoms with van der Waals surface area (Å²) in [5, 5.41) is 0.570. The molecule has 0 aliphatic heterocycles. The molecule has 0 unspecified atom stereocenters. The summed E-state index contributed by atoms with van der Waals surface area (Å²) in [5.41, 5.74) is 1.74. The fourth-order valence-corrected chi connectivity index (χ4v) is 2.29. The van der Waals surface area contributed by atoms with Gasteiger partial charge in [-0.25, -0.2) is 8.78 Å². The van der Waals surface area contributed by atoms with Crippen molar-refractivity contribution in [1.29, 1.82) is 0 Å². The van der Waals surface area contributed by atoms with Gasteiger partial charge >= 0.3 is 0 Å². The van der Waals surface area contributed by atoms with E-state index in [4.69, 9.17) is 11.6 Å². The van der Waals surface area contributed by atoms with E-state index in [2.05, 4.69) is 7.85 Å². The van der Waals surface area contributed by atoms with E-state index in [1.807, 2.05) is 0 Å². The highest BCUT2D eigenvalue weighted by atomic mass is 35.5. The predicted octanol–water partition coefficient (Wildman–Crippen LogP) is 3.69. The predicted molar refractivity (Wildman–Crippen MR) is 75.3 cm³/mol. The SMILES string of the molecule is [B]C(F)(F)C(=O)c1cc(C)n(-c2ccc(Cl)cc2)c1C. The highest BCUT2D eigenvalue weighted by molar-refractivity contribution is 6.30. The van der Waals surface area contributed by atoms with E-state index in [-0.39, 0.29) is 5.56 Å². The summed E-state index contributed by atoms with van der Waals surface area (Å²) in [6.07, 6.45) is 0. The van der Waals surface area contributed by atoms with Crippen LogP contribution in [0.3, 0.4) is 0 Å². The zero-order valence-electron chi connectivity index (χ0n) is 11.0. The van der Waals surface area contributed by atoms with Crippen molar-refractivity contribution in [1.82, 2.24) is 4.57 Å². The molecule has 0 aliphatic rings. The van der Waals surface area contributed by atoms with Gasteiger partial charge in [0.2, 0.25) is 5.78 Å². The number of Topliss-reactive ketones (excluding diaryl/α,β-unsaturated/α-hetero) is 1. The summed E-state index contributed by atoms with van der Waals surface area (Å²) < 4.78 is 27.7. The highest BCUT2D eigenvalue weighted by Crippen LogP contribution is 2.26. The van der Waals surface area contributed by atoms with Crippen LogP contribution in [-0.2, 0) is 0 Å². The van der Waals surface area contributed by atoms with Gasteiger partial charge in [-0.15, -0.1) is 0 Å². The molecule has 2 radical (unpaired) electrons. The average Bonchev–Trinajstić information content (AvgIpc) is 2.64. The summed E-state index contributed by atoms with van der Waals surface area (Å²) in [6, 6.07) is 8.28. The van der Waals surface area contributed by atoms with Gasteiger partial charge < -0.3 is 4.57 Å². The van der Waals surface area contributed by atoms with Crippen LogP contribution in [0.4, 0.5) is 8.78 Å². The van der Waals surface area contributed by atoms with E-state index in [1.165, 1.54) is 6.07 Å². The van der Waals surface area contributed by atoms with Crippen LogP contribution in [0.5, 0.6) is 0 Å². The molecule has 0 saturated heterocycles. The second-order valence-corrected chi connectivity index (χ2v) is 4.99. The van der Waals surface area contributed by atoms with Crippen LogP contribution in [0.15, 0.2) is 30.3 Å². The molecule has 0 aliphatic carbocycles. The van der Waals surface area contributed by atoms with Crippen molar-refractivity contribution >= 4 is 25.2 Å². The Balaban J connectivity index is 2.55. The zero-order chi connectivity index (χ0) is 15.1. The molecule has 102 valence electrons. The normalized spacial score (nSPS) is 11.7. The van der Waals surface area contributed by atoms with E-state index in [9.17, 15) is 13.6 Å². The third kappa shape index (κ3) is 2.63. The summed E-state index contributed by atoms with van der Waals surface area (Å²) in [7, 11) is 4.59. The first kappa shape index (κ1) is 14.8. The minimum Gasteiger partial charge on any atom is -0.318 e. The molecular formula is C14H11BClF2NO. The Morgan fingerprint density at radius 3 is 2.30 bits per heavy atom. The number of alkyl halides is 2. The van der Waals surface area contributed by atoms with Crippen molar-refractivity contribution in [3.05, 3.63) is 52.3 Å². The lowest BCUT2D eigenvalue weighted by atomic mass is 9.90. The van der Waals surface area contributed by atoms with Crippen LogP contribution in [0.25, 0.3) is 5.69 Å². The maximum Gasteiger partial charge on any atom is 0.260 e. The van der Waals surface area contributed by atoms with Crippen molar-refractivity contribution in [2.24, 2.45) is 0 Å². The number of aryl methyl sites for hydroxylation is 1. The Bertz CT molecular complexity index is 659. The van der Waals surface area contributed by atoms with Crippen LogP contribution < -0.4 is 0 Å². The van der Waals surface area contributed by atoms with Crippen LogP contribution in [0, 0.1) is 13.8 Å². The van der Waals surface area contributed by atoms with E-state index in [1.54, 1.807) is 42.7 Å². The van der Waals surface area contributed by atoms with Gasteiger partial charge in [0.15, 0.2) is 7.85 Å². The number of nitrogens with zero attached hydrogens (tertiary/aromatic N) is 1. The van der Waals surface area contributed by atoms with Gasteiger partial charge in [0.1, 0.15) is 0 Å². The van der Waals surface area contributed by atoms with Crippen LogP contribution in [0.2, 0.25) is 5.02 Å². The maximum atomic E-state index is 13.0.